The van der Waals surface area contributed by atoms with Crippen molar-refractivity contribution in [2.75, 3.05) is 5.73 Å². The number of hydrogen-bond donors (Lipinski definition) is 3. The molecule has 0 aromatic heterocycles. The lowest BCUT2D eigenvalue weighted by Gasteiger charge is -2.19. The van der Waals surface area contributed by atoms with Crippen LogP contribution < -0.4 is 10.5 Å². The number of halogens is 1. The smallest absolute Gasteiger partial charge is 0.328 e. The molecule has 4 rings (SSSR count). The van der Waals surface area contributed by atoms with Crippen molar-refractivity contribution < 1.29 is 14.6 Å². The maximum absolute atomic E-state index is 10.9. The van der Waals surface area contributed by atoms with Crippen LogP contribution in [0, 0.1) is 5.41 Å². The quantitative estimate of drug-likeness (QED) is 0.0893. The van der Waals surface area contributed by atoms with E-state index in [-0.39, 0.29) is 0 Å². The van der Waals surface area contributed by atoms with Gasteiger partial charge in [-0.05, 0) is 82.3 Å². The molecule has 0 atom stereocenters. The van der Waals surface area contributed by atoms with Crippen molar-refractivity contribution in [3.05, 3.63) is 130 Å². The Morgan fingerprint density at radius 2 is 1.66 bits per heavy atom. The van der Waals surface area contributed by atoms with Crippen LogP contribution in [0.5, 0.6) is 11.5 Å². The highest BCUT2D eigenvalue weighted by molar-refractivity contribution is 6.33. The number of carboxylic acids is 1. The van der Waals surface area contributed by atoms with Crippen LogP contribution in [0.1, 0.15) is 41.2 Å². The molecule has 0 aliphatic rings. The van der Waals surface area contributed by atoms with Crippen LogP contribution in [-0.2, 0) is 4.79 Å². The Bertz CT molecular complexity index is 1520. The molecule has 4 aromatic rings. The van der Waals surface area contributed by atoms with Gasteiger partial charge in [-0.15, -0.1) is 0 Å². The Morgan fingerprint density at radius 3 is 2.29 bits per heavy atom. The first-order chi connectivity index (χ1) is 18.4. The topological polar surface area (TPSA) is 96.4 Å². The number of rotatable bonds is 9. The molecule has 190 valence electrons. The van der Waals surface area contributed by atoms with Crippen molar-refractivity contribution in [3.8, 4) is 11.5 Å². The van der Waals surface area contributed by atoms with E-state index in [9.17, 15) is 4.79 Å². The lowest BCUT2D eigenvalue weighted by molar-refractivity contribution is -0.131. The first-order valence-electron chi connectivity index (χ1n) is 12.1. The SMILES string of the molecule is CC/C(=C(/c1ccc(/C=C/C(=O)O)cc1)c1ccc(N)c(C=N)c1)c1ccc(Oc2ccccc2)cc1Cl. The fourth-order valence-electron chi connectivity index (χ4n) is 4.23. The summed E-state index contributed by atoms with van der Waals surface area (Å²) in [5.74, 6) is 0.356. The zero-order valence-electron chi connectivity index (χ0n) is 20.8. The highest BCUT2D eigenvalue weighted by atomic mass is 35.5. The zero-order valence-corrected chi connectivity index (χ0v) is 21.6. The van der Waals surface area contributed by atoms with E-state index in [1.165, 1.54) is 6.21 Å². The zero-order chi connectivity index (χ0) is 27.1. The number of nitrogens with two attached hydrogens (primary N) is 1. The van der Waals surface area contributed by atoms with Gasteiger partial charge in [0, 0.05) is 29.6 Å². The molecule has 0 radical (unpaired) electrons. The number of ether oxygens (including phenoxy) is 1. The fraction of sp³-hybridized carbons (Fsp3) is 0.0625. The van der Waals surface area contributed by atoms with Gasteiger partial charge in [0.2, 0.25) is 0 Å². The second-order valence-electron chi connectivity index (χ2n) is 8.55. The average molecular weight is 523 g/mol. The van der Waals surface area contributed by atoms with Gasteiger partial charge in [0.05, 0.1) is 5.02 Å². The largest absolute Gasteiger partial charge is 0.478 e. The van der Waals surface area contributed by atoms with Crippen molar-refractivity contribution in [2.24, 2.45) is 0 Å². The molecule has 0 saturated carbocycles. The van der Waals surface area contributed by atoms with Crippen LogP contribution in [0.4, 0.5) is 5.69 Å². The van der Waals surface area contributed by atoms with Gasteiger partial charge in [-0.3, -0.25) is 0 Å². The third-order valence-corrected chi connectivity index (χ3v) is 6.36. The molecule has 0 fully saturated rings. The van der Waals surface area contributed by atoms with E-state index in [4.69, 9.17) is 32.6 Å². The second kappa shape index (κ2) is 12.1. The molecule has 0 saturated heterocycles. The molecule has 6 heteroatoms. The molecule has 0 amide bonds. The van der Waals surface area contributed by atoms with Gasteiger partial charge in [-0.1, -0.05) is 67.1 Å². The van der Waals surface area contributed by atoms with Crippen LogP contribution in [-0.4, -0.2) is 17.3 Å². The Balaban J connectivity index is 1.85. The summed E-state index contributed by atoms with van der Waals surface area (Å²) >= 11 is 6.83. The molecule has 0 aliphatic carbocycles. The van der Waals surface area contributed by atoms with E-state index in [1.807, 2.05) is 84.9 Å². The number of anilines is 1. The van der Waals surface area contributed by atoms with Gasteiger partial charge in [0.1, 0.15) is 11.5 Å². The van der Waals surface area contributed by atoms with Gasteiger partial charge in [0.15, 0.2) is 0 Å². The number of aliphatic carboxylic acids is 1. The predicted octanol–water partition coefficient (Wildman–Crippen LogP) is 8.18. The summed E-state index contributed by atoms with van der Waals surface area (Å²) in [6.45, 7) is 2.07. The Hall–Kier alpha value is -4.61. The number of carbonyl (C=O) groups is 1. The Labute approximate surface area is 227 Å². The minimum absolute atomic E-state index is 0.524. The monoisotopic (exact) mass is 522 g/mol. The molecule has 0 aliphatic heterocycles. The summed E-state index contributed by atoms with van der Waals surface area (Å²) in [4.78, 5) is 10.9. The van der Waals surface area contributed by atoms with E-state index in [1.54, 1.807) is 12.1 Å². The number of carboxylic acid groups (broad SMARTS) is 1. The van der Waals surface area contributed by atoms with Gasteiger partial charge in [0.25, 0.3) is 0 Å². The van der Waals surface area contributed by atoms with E-state index < -0.39 is 5.97 Å². The standard InChI is InChI=1S/C32H27ClN2O3/c1-2-27(28-15-14-26(19-29(28)33)38-25-6-4-3-5-7-25)32(23-13-16-30(35)24(18-23)20-34)22-11-8-21(9-12-22)10-17-31(36)37/h3-20,34H,2,35H2,1H3,(H,36,37)/b17-10+,32-27+,34-20?. The number of benzene rings is 4. The van der Waals surface area contributed by atoms with Crippen molar-refractivity contribution in [3.63, 3.8) is 0 Å². The summed E-state index contributed by atoms with van der Waals surface area (Å²) < 4.78 is 5.97. The summed E-state index contributed by atoms with van der Waals surface area (Å²) in [6, 6.07) is 28.5. The molecule has 0 unspecified atom stereocenters. The van der Waals surface area contributed by atoms with E-state index in [0.29, 0.717) is 28.4 Å². The first kappa shape index (κ1) is 26.5. The van der Waals surface area contributed by atoms with Crippen LogP contribution in [0.3, 0.4) is 0 Å². The summed E-state index contributed by atoms with van der Waals surface area (Å²) in [7, 11) is 0. The summed E-state index contributed by atoms with van der Waals surface area (Å²) in [6.07, 6.45) is 4.58. The highest BCUT2D eigenvalue weighted by Gasteiger charge is 2.17. The Morgan fingerprint density at radius 1 is 0.947 bits per heavy atom. The second-order valence-corrected chi connectivity index (χ2v) is 8.95. The molecule has 0 bridgehead atoms. The minimum atomic E-state index is -1.00. The van der Waals surface area contributed by atoms with Crippen molar-refractivity contribution in [1.29, 1.82) is 5.41 Å². The molecule has 4 N–H and O–H groups in total. The summed E-state index contributed by atoms with van der Waals surface area (Å²) in [5.41, 5.74) is 12.6. The van der Waals surface area contributed by atoms with E-state index in [2.05, 4.69) is 6.92 Å². The number of allylic oxidation sites excluding steroid dienone is 1. The van der Waals surface area contributed by atoms with Crippen LogP contribution in [0.25, 0.3) is 17.2 Å². The maximum Gasteiger partial charge on any atom is 0.328 e. The summed E-state index contributed by atoms with van der Waals surface area (Å²) in [5, 5.41) is 17.3. The van der Waals surface area contributed by atoms with Gasteiger partial charge in [-0.2, -0.15) is 0 Å². The normalized spacial score (nSPS) is 11.7. The third-order valence-electron chi connectivity index (χ3n) is 6.05. The molecule has 5 nitrogen and oxygen atoms in total. The molecule has 4 aromatic carbocycles. The average Bonchev–Trinajstić information content (AvgIpc) is 2.92. The number of nitrogens with one attached hydrogen (secondary N) is 1. The lowest BCUT2D eigenvalue weighted by Crippen LogP contribution is -1.99. The lowest BCUT2D eigenvalue weighted by atomic mass is 9.87. The van der Waals surface area contributed by atoms with Crippen molar-refractivity contribution in [1.82, 2.24) is 0 Å². The molecule has 0 heterocycles. The van der Waals surface area contributed by atoms with Crippen LogP contribution in [0.15, 0.2) is 97.1 Å². The molecule has 0 spiro atoms. The van der Waals surface area contributed by atoms with Crippen LogP contribution in [0.2, 0.25) is 5.02 Å². The number of hydrogen-bond acceptors (Lipinski definition) is 4. The first-order valence-corrected chi connectivity index (χ1v) is 12.4. The van der Waals surface area contributed by atoms with Gasteiger partial charge >= 0.3 is 5.97 Å². The number of para-hydroxylation sites is 1. The van der Waals surface area contributed by atoms with E-state index >= 15 is 0 Å². The van der Waals surface area contributed by atoms with E-state index in [0.717, 1.165) is 45.2 Å². The Kier molecular flexibility index (Phi) is 8.41. The maximum atomic E-state index is 10.9. The molecular weight excluding hydrogens is 496 g/mol. The third kappa shape index (κ3) is 6.20. The van der Waals surface area contributed by atoms with Crippen LogP contribution >= 0.6 is 11.6 Å². The van der Waals surface area contributed by atoms with Gasteiger partial charge in [-0.25, -0.2) is 4.79 Å². The van der Waals surface area contributed by atoms with Crippen molar-refractivity contribution >= 4 is 46.7 Å². The molecular formula is C32H27ClN2O3. The van der Waals surface area contributed by atoms with Crippen molar-refractivity contribution in [2.45, 2.75) is 13.3 Å². The minimum Gasteiger partial charge on any atom is -0.478 e. The van der Waals surface area contributed by atoms with Gasteiger partial charge < -0.3 is 21.0 Å². The molecule has 38 heavy (non-hydrogen) atoms. The highest BCUT2D eigenvalue weighted by Crippen LogP contribution is 2.39. The predicted molar refractivity (Wildman–Crippen MR) is 156 cm³/mol. The fourth-order valence-corrected chi connectivity index (χ4v) is 4.51. The number of nitrogen functional groups attached to an aromatic ring is 1.